The third-order valence-electron chi connectivity index (χ3n) is 6.42. The van der Waals surface area contributed by atoms with E-state index in [0.29, 0.717) is 41.6 Å². The van der Waals surface area contributed by atoms with Crippen molar-refractivity contribution >= 4 is 46.9 Å². The number of furan rings is 1. The second-order valence-corrected chi connectivity index (χ2v) is 9.81. The van der Waals surface area contributed by atoms with Gasteiger partial charge in [0.2, 0.25) is 5.91 Å². The second-order valence-electron chi connectivity index (χ2n) is 9.41. The first-order valence-corrected chi connectivity index (χ1v) is 11.3. The van der Waals surface area contributed by atoms with Gasteiger partial charge in [0.05, 0.1) is 28.6 Å². The van der Waals surface area contributed by atoms with Crippen molar-refractivity contribution in [1.29, 1.82) is 0 Å². The monoisotopic (exact) mass is 457 g/mol. The molecule has 0 aliphatic carbocycles. The van der Waals surface area contributed by atoms with E-state index >= 15 is 0 Å². The largest absolute Gasteiger partial charge is 0.494 e. The van der Waals surface area contributed by atoms with E-state index in [1.54, 1.807) is 6.20 Å². The maximum atomic E-state index is 12.3. The summed E-state index contributed by atoms with van der Waals surface area (Å²) in [4.78, 5) is 16.4. The van der Waals surface area contributed by atoms with Crippen molar-refractivity contribution in [3.8, 4) is 0 Å². The summed E-state index contributed by atoms with van der Waals surface area (Å²) < 4.78 is 18.2. The molecule has 2 aliphatic heterocycles. The fourth-order valence-corrected chi connectivity index (χ4v) is 3.99. The van der Waals surface area contributed by atoms with E-state index in [-0.39, 0.29) is 5.91 Å². The maximum Gasteiger partial charge on any atom is 0.494 e. The lowest BCUT2D eigenvalue weighted by atomic mass is 9.78. The molecule has 32 heavy (non-hydrogen) atoms. The zero-order chi connectivity index (χ0) is 23.1. The summed E-state index contributed by atoms with van der Waals surface area (Å²) in [5, 5.41) is 4.23. The van der Waals surface area contributed by atoms with Crippen LogP contribution in [0, 0.1) is 0 Å². The van der Waals surface area contributed by atoms with E-state index in [0.717, 1.165) is 29.3 Å². The molecule has 0 bridgehead atoms. The Morgan fingerprint density at radius 1 is 1.19 bits per heavy atom. The molecule has 0 saturated carbocycles. The van der Waals surface area contributed by atoms with Crippen LogP contribution >= 0.6 is 11.6 Å². The number of nitrogens with one attached hydrogen (secondary N) is 1. The van der Waals surface area contributed by atoms with E-state index < -0.39 is 18.3 Å². The molecular formula is C23H29BClN3O4. The Hall–Kier alpha value is -2.29. The van der Waals surface area contributed by atoms with E-state index in [9.17, 15) is 4.79 Å². The predicted molar refractivity (Wildman–Crippen MR) is 127 cm³/mol. The molecule has 9 heteroatoms. The molecule has 1 aromatic heterocycles. The Bertz CT molecular complexity index is 1090. The minimum Gasteiger partial charge on any atom is -0.458 e. The zero-order valence-corrected chi connectivity index (χ0v) is 19.7. The number of carbonyl (C=O) groups excluding carboxylic acids is 1. The molecule has 3 heterocycles. The second kappa shape index (κ2) is 8.58. The molecule has 3 N–H and O–H groups in total. The minimum atomic E-state index is -0.506. The molecule has 7 nitrogen and oxygen atoms in total. The first-order chi connectivity index (χ1) is 15.0. The Labute approximate surface area is 193 Å². The highest BCUT2D eigenvalue weighted by Crippen LogP contribution is 2.37. The molecule has 0 unspecified atom stereocenters. The average molecular weight is 458 g/mol. The molecule has 1 aromatic carbocycles. The maximum absolute atomic E-state index is 12.3. The van der Waals surface area contributed by atoms with Crippen molar-refractivity contribution in [1.82, 2.24) is 5.32 Å². The number of halogens is 1. The summed E-state index contributed by atoms with van der Waals surface area (Å²) >= 11 is 6.49. The third-order valence-corrected chi connectivity index (χ3v) is 6.70. The number of amidine groups is 1. The molecule has 170 valence electrons. The van der Waals surface area contributed by atoms with Gasteiger partial charge in [0, 0.05) is 24.4 Å². The quantitative estimate of drug-likeness (QED) is 0.643. The summed E-state index contributed by atoms with van der Waals surface area (Å²) in [5.74, 6) is 1.23. The van der Waals surface area contributed by atoms with Crippen molar-refractivity contribution in [2.24, 2.45) is 10.7 Å². The highest BCUT2D eigenvalue weighted by Gasteiger charge is 2.51. The Kier molecular flexibility index (Phi) is 6.13. The SMILES string of the molecule is CC1(C)OB(c2cc(Cl)c3oc(CNC(=O)CCC4=CN=C(N)CC4)cc3c2)OC1(C)C. The van der Waals surface area contributed by atoms with E-state index in [4.69, 9.17) is 31.1 Å². The van der Waals surface area contributed by atoms with Gasteiger partial charge in [-0.3, -0.25) is 4.79 Å². The molecule has 0 spiro atoms. The predicted octanol–water partition coefficient (Wildman–Crippen LogP) is 3.82. The minimum absolute atomic E-state index is 0.0436. The van der Waals surface area contributed by atoms with Crippen molar-refractivity contribution in [2.75, 3.05) is 0 Å². The molecule has 1 saturated heterocycles. The van der Waals surface area contributed by atoms with Crippen LogP contribution in [0.3, 0.4) is 0 Å². The molecule has 1 amide bonds. The van der Waals surface area contributed by atoms with E-state index in [2.05, 4.69) is 10.3 Å². The molecule has 2 aromatic rings. The van der Waals surface area contributed by atoms with Gasteiger partial charge in [-0.15, -0.1) is 0 Å². The van der Waals surface area contributed by atoms with Crippen LogP contribution < -0.4 is 16.5 Å². The number of fused-ring (bicyclic) bond motifs is 1. The van der Waals surface area contributed by atoms with Crippen LogP contribution in [-0.2, 0) is 20.6 Å². The number of rotatable bonds is 6. The topological polar surface area (TPSA) is 99.1 Å². The Morgan fingerprint density at radius 3 is 2.56 bits per heavy atom. The normalized spacial score (nSPS) is 19.7. The first-order valence-electron chi connectivity index (χ1n) is 10.9. The lowest BCUT2D eigenvalue weighted by Gasteiger charge is -2.32. The number of hydrogen-bond acceptors (Lipinski definition) is 6. The molecule has 2 aliphatic rings. The van der Waals surface area contributed by atoms with Crippen LogP contribution in [-0.4, -0.2) is 30.1 Å². The highest BCUT2D eigenvalue weighted by atomic mass is 35.5. The van der Waals surface area contributed by atoms with E-state index in [1.165, 1.54) is 0 Å². The van der Waals surface area contributed by atoms with Gasteiger partial charge >= 0.3 is 7.12 Å². The number of nitrogens with two attached hydrogens (primary N) is 1. The van der Waals surface area contributed by atoms with Gasteiger partial charge in [0.1, 0.15) is 5.76 Å². The third kappa shape index (κ3) is 4.72. The lowest BCUT2D eigenvalue weighted by molar-refractivity contribution is -0.121. The van der Waals surface area contributed by atoms with Crippen molar-refractivity contribution in [3.05, 3.63) is 40.8 Å². The van der Waals surface area contributed by atoms with Crippen LogP contribution in [0.1, 0.15) is 59.1 Å². The molecule has 0 radical (unpaired) electrons. The van der Waals surface area contributed by atoms with Gasteiger partial charge in [0.15, 0.2) is 5.58 Å². The number of hydrogen-bond donors (Lipinski definition) is 2. The molecular weight excluding hydrogens is 429 g/mol. The molecule has 0 atom stereocenters. The summed E-state index contributed by atoms with van der Waals surface area (Å²) in [6, 6.07) is 5.66. The van der Waals surface area contributed by atoms with Crippen molar-refractivity contribution in [3.63, 3.8) is 0 Å². The summed E-state index contributed by atoms with van der Waals surface area (Å²) in [7, 11) is -0.506. The summed E-state index contributed by atoms with van der Waals surface area (Å²) in [6.45, 7) is 8.34. The summed E-state index contributed by atoms with van der Waals surface area (Å²) in [5.41, 5.74) is 7.36. The fraction of sp³-hybridized carbons (Fsp3) is 0.478. The fourth-order valence-electron chi connectivity index (χ4n) is 3.72. The van der Waals surface area contributed by atoms with Gasteiger partial charge in [0.25, 0.3) is 0 Å². The smallest absolute Gasteiger partial charge is 0.458 e. The first kappa shape index (κ1) is 22.9. The number of allylic oxidation sites excluding steroid dienone is 1. The van der Waals surface area contributed by atoms with Crippen LogP contribution in [0.4, 0.5) is 0 Å². The van der Waals surface area contributed by atoms with Crippen molar-refractivity contribution < 1.29 is 18.5 Å². The van der Waals surface area contributed by atoms with Gasteiger partial charge in [-0.1, -0.05) is 23.2 Å². The Balaban J connectivity index is 1.39. The molecule has 1 fully saturated rings. The Morgan fingerprint density at radius 2 is 1.91 bits per heavy atom. The van der Waals surface area contributed by atoms with E-state index in [1.807, 2.05) is 45.9 Å². The number of benzene rings is 1. The number of aliphatic imine (C=N–C) groups is 1. The van der Waals surface area contributed by atoms with Crippen LogP contribution in [0.25, 0.3) is 11.0 Å². The molecule has 4 rings (SSSR count). The van der Waals surface area contributed by atoms with Crippen LogP contribution in [0.2, 0.25) is 5.02 Å². The lowest BCUT2D eigenvalue weighted by Crippen LogP contribution is -2.41. The number of nitrogens with zero attached hydrogens (tertiary/aromatic N) is 1. The van der Waals surface area contributed by atoms with Crippen LogP contribution in [0.5, 0.6) is 0 Å². The van der Waals surface area contributed by atoms with Gasteiger partial charge < -0.3 is 24.8 Å². The average Bonchev–Trinajstić information content (AvgIpc) is 3.23. The summed E-state index contributed by atoms with van der Waals surface area (Å²) in [6.07, 6.45) is 4.45. The van der Waals surface area contributed by atoms with Gasteiger partial charge in [-0.25, -0.2) is 4.99 Å². The number of carbonyl (C=O) groups is 1. The van der Waals surface area contributed by atoms with Crippen LogP contribution in [0.15, 0.2) is 39.4 Å². The number of amides is 1. The van der Waals surface area contributed by atoms with Gasteiger partial charge in [-0.2, -0.15) is 0 Å². The van der Waals surface area contributed by atoms with Crippen molar-refractivity contribution in [2.45, 2.75) is 71.1 Å². The standard InChI is InChI=1S/C23H29BClN3O4/c1-22(2)23(3,4)32-24(31-22)16-9-15-10-17(30-21(15)18(25)11-16)13-28-20(29)8-6-14-5-7-19(26)27-12-14/h9-12H,5-8,13H2,1-4H3,(H2,26,27)(H,28,29). The zero-order valence-electron chi connectivity index (χ0n) is 19.0. The highest BCUT2D eigenvalue weighted by molar-refractivity contribution is 6.63. The van der Waals surface area contributed by atoms with Gasteiger partial charge in [-0.05, 0) is 58.1 Å².